The van der Waals surface area contributed by atoms with Crippen LogP contribution in [0.25, 0.3) is 0 Å². The van der Waals surface area contributed by atoms with Crippen molar-refractivity contribution in [1.82, 2.24) is 10.6 Å². The molecular weight excluding hydrogens is 272 g/mol. The SMILES string of the molecule is O=C(N[C@H]1CCCNC1)c1c(F)ccc([N+](=O)[O-])c1F. The van der Waals surface area contributed by atoms with E-state index in [-0.39, 0.29) is 6.04 Å². The first-order chi connectivity index (χ1) is 9.50. The molecule has 1 fully saturated rings. The molecule has 0 aromatic heterocycles. The maximum atomic E-state index is 13.8. The van der Waals surface area contributed by atoms with Crippen LogP contribution in [0.1, 0.15) is 23.2 Å². The monoisotopic (exact) mass is 285 g/mol. The Morgan fingerprint density at radius 1 is 1.45 bits per heavy atom. The number of halogens is 2. The van der Waals surface area contributed by atoms with Gasteiger partial charge in [0, 0.05) is 18.7 Å². The number of carbonyl (C=O) groups excluding carboxylic acids is 1. The maximum absolute atomic E-state index is 13.8. The van der Waals surface area contributed by atoms with Gasteiger partial charge in [-0.3, -0.25) is 14.9 Å². The molecule has 0 unspecified atom stereocenters. The average Bonchev–Trinajstić information content (AvgIpc) is 2.39. The predicted molar refractivity (Wildman–Crippen MR) is 66.4 cm³/mol. The van der Waals surface area contributed by atoms with Crippen LogP contribution in [0.4, 0.5) is 14.5 Å². The summed E-state index contributed by atoms with van der Waals surface area (Å²) in [4.78, 5) is 21.5. The number of carbonyl (C=O) groups is 1. The molecule has 6 nitrogen and oxygen atoms in total. The largest absolute Gasteiger partial charge is 0.348 e. The minimum atomic E-state index is -1.45. The lowest BCUT2D eigenvalue weighted by Gasteiger charge is -2.23. The summed E-state index contributed by atoms with van der Waals surface area (Å²) in [6, 6.07) is 1.17. The topological polar surface area (TPSA) is 84.3 Å². The lowest BCUT2D eigenvalue weighted by molar-refractivity contribution is -0.387. The Bertz CT molecular complexity index is 545. The molecule has 0 saturated carbocycles. The summed E-state index contributed by atoms with van der Waals surface area (Å²) in [5.41, 5.74) is -1.83. The molecule has 0 aliphatic carbocycles. The van der Waals surface area contributed by atoms with Crippen molar-refractivity contribution in [1.29, 1.82) is 0 Å². The predicted octanol–water partition coefficient (Wildman–Crippen LogP) is 1.35. The second kappa shape index (κ2) is 5.91. The summed E-state index contributed by atoms with van der Waals surface area (Å²) in [5.74, 6) is -3.54. The Morgan fingerprint density at radius 3 is 2.80 bits per heavy atom. The van der Waals surface area contributed by atoms with Gasteiger partial charge < -0.3 is 10.6 Å². The van der Waals surface area contributed by atoms with Crippen molar-refractivity contribution in [3.05, 3.63) is 39.4 Å². The molecule has 1 amide bonds. The highest BCUT2D eigenvalue weighted by atomic mass is 19.1. The molecule has 0 spiro atoms. The number of amides is 1. The summed E-state index contributed by atoms with van der Waals surface area (Å²) < 4.78 is 27.4. The van der Waals surface area contributed by atoms with Crippen LogP contribution in [0.3, 0.4) is 0 Å². The van der Waals surface area contributed by atoms with Crippen LogP contribution in [0.5, 0.6) is 0 Å². The molecule has 20 heavy (non-hydrogen) atoms. The fraction of sp³-hybridized carbons (Fsp3) is 0.417. The van der Waals surface area contributed by atoms with Gasteiger partial charge in [0.2, 0.25) is 5.82 Å². The Labute approximate surface area is 113 Å². The molecule has 1 atom stereocenters. The Morgan fingerprint density at radius 2 is 2.20 bits per heavy atom. The zero-order valence-corrected chi connectivity index (χ0v) is 10.5. The zero-order chi connectivity index (χ0) is 14.7. The van der Waals surface area contributed by atoms with Crippen molar-refractivity contribution in [2.75, 3.05) is 13.1 Å². The molecule has 0 radical (unpaired) electrons. The van der Waals surface area contributed by atoms with Crippen molar-refractivity contribution < 1.29 is 18.5 Å². The number of rotatable bonds is 3. The van der Waals surface area contributed by atoms with Gasteiger partial charge in [0.05, 0.1) is 4.92 Å². The number of hydrogen-bond donors (Lipinski definition) is 2. The van der Waals surface area contributed by atoms with Gasteiger partial charge in [-0.1, -0.05) is 0 Å². The molecule has 1 aliphatic rings. The highest BCUT2D eigenvalue weighted by Crippen LogP contribution is 2.23. The second-order valence-electron chi connectivity index (χ2n) is 4.53. The Kier molecular flexibility index (Phi) is 4.23. The van der Waals surface area contributed by atoms with Crippen molar-refractivity contribution in [2.45, 2.75) is 18.9 Å². The van der Waals surface area contributed by atoms with Crippen LogP contribution in [0.2, 0.25) is 0 Å². The third-order valence-corrected chi connectivity index (χ3v) is 3.13. The van der Waals surface area contributed by atoms with E-state index in [1.807, 2.05) is 0 Å². The van der Waals surface area contributed by atoms with Gasteiger partial charge in [-0.2, -0.15) is 4.39 Å². The number of benzene rings is 1. The molecule has 0 bridgehead atoms. The molecule has 1 heterocycles. The highest BCUT2D eigenvalue weighted by Gasteiger charge is 2.27. The van der Waals surface area contributed by atoms with E-state index in [2.05, 4.69) is 10.6 Å². The van der Waals surface area contributed by atoms with Gasteiger partial charge in [0.1, 0.15) is 11.4 Å². The third kappa shape index (κ3) is 2.90. The number of nitro groups is 1. The van der Waals surface area contributed by atoms with Crippen LogP contribution >= 0.6 is 0 Å². The van der Waals surface area contributed by atoms with Crippen molar-refractivity contribution >= 4 is 11.6 Å². The molecule has 2 N–H and O–H groups in total. The minimum Gasteiger partial charge on any atom is -0.348 e. The van der Waals surface area contributed by atoms with E-state index < -0.39 is 33.7 Å². The number of piperidine rings is 1. The Balaban J connectivity index is 2.24. The van der Waals surface area contributed by atoms with Crippen LogP contribution in [0.15, 0.2) is 12.1 Å². The normalized spacial score (nSPS) is 18.6. The zero-order valence-electron chi connectivity index (χ0n) is 10.5. The summed E-state index contributed by atoms with van der Waals surface area (Å²) >= 11 is 0. The van der Waals surface area contributed by atoms with E-state index in [4.69, 9.17) is 0 Å². The fourth-order valence-corrected chi connectivity index (χ4v) is 2.12. The van der Waals surface area contributed by atoms with E-state index in [0.29, 0.717) is 19.0 Å². The van der Waals surface area contributed by atoms with Gasteiger partial charge in [-0.15, -0.1) is 0 Å². The average molecular weight is 285 g/mol. The maximum Gasteiger partial charge on any atom is 0.305 e. The molecule has 2 rings (SSSR count). The third-order valence-electron chi connectivity index (χ3n) is 3.13. The standard InChI is InChI=1S/C12H13F2N3O3/c13-8-3-4-9(17(19)20)11(14)10(8)12(18)16-7-2-1-5-15-6-7/h3-4,7,15H,1-2,5-6H2,(H,16,18)/t7-/m0/s1. The smallest absolute Gasteiger partial charge is 0.305 e. The fourth-order valence-electron chi connectivity index (χ4n) is 2.12. The molecule has 1 saturated heterocycles. The highest BCUT2D eigenvalue weighted by molar-refractivity contribution is 5.95. The lowest BCUT2D eigenvalue weighted by Crippen LogP contribution is -2.46. The van der Waals surface area contributed by atoms with E-state index >= 15 is 0 Å². The molecule has 1 aliphatic heterocycles. The number of nitrogens with one attached hydrogen (secondary N) is 2. The van der Waals surface area contributed by atoms with Crippen LogP contribution < -0.4 is 10.6 Å². The van der Waals surface area contributed by atoms with E-state index in [9.17, 15) is 23.7 Å². The number of nitrogens with zero attached hydrogens (tertiary/aromatic N) is 1. The second-order valence-corrected chi connectivity index (χ2v) is 4.53. The van der Waals surface area contributed by atoms with Gasteiger partial charge in [0.25, 0.3) is 5.91 Å². The lowest BCUT2D eigenvalue weighted by atomic mass is 10.1. The Hall–Kier alpha value is -2.09. The first kappa shape index (κ1) is 14.3. The molecular formula is C12H13F2N3O3. The first-order valence-corrected chi connectivity index (χ1v) is 6.14. The van der Waals surface area contributed by atoms with Crippen molar-refractivity contribution in [2.24, 2.45) is 0 Å². The first-order valence-electron chi connectivity index (χ1n) is 6.14. The molecule has 1 aromatic carbocycles. The summed E-state index contributed by atoms with van der Waals surface area (Å²) in [5, 5.41) is 16.1. The van der Waals surface area contributed by atoms with Gasteiger partial charge in [-0.25, -0.2) is 4.39 Å². The van der Waals surface area contributed by atoms with Gasteiger partial charge in [-0.05, 0) is 25.5 Å². The van der Waals surface area contributed by atoms with Crippen molar-refractivity contribution in [3.8, 4) is 0 Å². The molecule has 8 heteroatoms. The van der Waals surface area contributed by atoms with Crippen LogP contribution in [-0.2, 0) is 0 Å². The summed E-state index contributed by atoms with van der Waals surface area (Å²) in [6.45, 7) is 1.33. The minimum absolute atomic E-state index is 0.241. The van der Waals surface area contributed by atoms with E-state index in [1.165, 1.54) is 0 Å². The molecule has 108 valence electrons. The van der Waals surface area contributed by atoms with Gasteiger partial charge in [0.15, 0.2) is 0 Å². The van der Waals surface area contributed by atoms with Gasteiger partial charge >= 0.3 is 5.69 Å². The summed E-state index contributed by atoms with van der Waals surface area (Å²) in [7, 11) is 0. The quantitative estimate of drug-likeness (QED) is 0.648. The van der Waals surface area contributed by atoms with Crippen LogP contribution in [-0.4, -0.2) is 30.0 Å². The van der Waals surface area contributed by atoms with Crippen LogP contribution in [0, 0.1) is 21.7 Å². The number of hydrogen-bond acceptors (Lipinski definition) is 4. The summed E-state index contributed by atoms with van der Waals surface area (Å²) in [6.07, 6.45) is 1.53. The molecule has 1 aromatic rings. The number of nitro benzene ring substituents is 1. The van der Waals surface area contributed by atoms with E-state index in [1.54, 1.807) is 0 Å². The van der Waals surface area contributed by atoms with E-state index in [0.717, 1.165) is 19.0 Å². The van der Waals surface area contributed by atoms with Crippen molar-refractivity contribution in [3.63, 3.8) is 0 Å².